The van der Waals surface area contributed by atoms with Crippen molar-refractivity contribution in [2.45, 2.75) is 23.6 Å². The summed E-state index contributed by atoms with van der Waals surface area (Å²) in [6.07, 6.45) is 3.76. The molecule has 0 bridgehead atoms. The molecule has 0 saturated heterocycles. The van der Waals surface area contributed by atoms with Crippen molar-refractivity contribution in [1.29, 1.82) is 0 Å². The quantitative estimate of drug-likeness (QED) is 0.228. The van der Waals surface area contributed by atoms with Gasteiger partial charge < -0.3 is 4.74 Å². The number of nitro groups is 1. The summed E-state index contributed by atoms with van der Waals surface area (Å²) in [5.74, 6) is 0.926. The van der Waals surface area contributed by atoms with Gasteiger partial charge in [0.2, 0.25) is 0 Å². The lowest BCUT2D eigenvalue weighted by atomic mass is 10.1. The number of hydrogen-bond acceptors (Lipinski definition) is 10. The molecule has 0 aliphatic heterocycles. The van der Waals surface area contributed by atoms with Gasteiger partial charge in [0.1, 0.15) is 29.7 Å². The molecule has 0 unspecified atom stereocenters. The number of nitrogens with one attached hydrogen (secondary N) is 1. The number of hydrogen-bond donors (Lipinski definition) is 1. The van der Waals surface area contributed by atoms with Gasteiger partial charge in [-0.1, -0.05) is 23.1 Å². The van der Waals surface area contributed by atoms with E-state index in [9.17, 15) is 14.9 Å². The number of methoxy groups -OCH3 is 1. The zero-order valence-corrected chi connectivity index (χ0v) is 17.6. The maximum Gasteiger partial charge on any atom is 0.307 e. The number of hydrazone groups is 1. The Morgan fingerprint density at radius 3 is 2.97 bits per heavy atom. The van der Waals surface area contributed by atoms with Gasteiger partial charge in [-0.2, -0.15) is 10.2 Å². The predicted octanol–water partition coefficient (Wildman–Crippen LogP) is 2.40. The maximum atomic E-state index is 11.9. The van der Waals surface area contributed by atoms with E-state index in [2.05, 4.69) is 25.8 Å². The number of amides is 1. The van der Waals surface area contributed by atoms with Crippen molar-refractivity contribution in [3.63, 3.8) is 0 Å². The third-order valence-corrected chi connectivity index (χ3v) is 5.72. The first-order chi connectivity index (χ1) is 14.4. The average Bonchev–Trinajstić information content (AvgIpc) is 3.35. The Labute approximate surface area is 179 Å². The Bertz CT molecular complexity index is 1080. The van der Waals surface area contributed by atoms with Crippen LogP contribution >= 0.6 is 23.1 Å². The van der Waals surface area contributed by atoms with Crippen LogP contribution in [0.3, 0.4) is 0 Å². The van der Waals surface area contributed by atoms with E-state index in [1.54, 1.807) is 18.9 Å². The minimum Gasteiger partial charge on any atom is -0.496 e. The number of carbonyl (C=O) groups excluding carboxylic acids is 1. The highest BCUT2D eigenvalue weighted by molar-refractivity contribution is 8.00. The minimum absolute atomic E-state index is 0.182. The van der Waals surface area contributed by atoms with Gasteiger partial charge in [0, 0.05) is 11.3 Å². The van der Waals surface area contributed by atoms with Gasteiger partial charge in [0.05, 0.1) is 18.2 Å². The van der Waals surface area contributed by atoms with Gasteiger partial charge in [0.15, 0.2) is 4.34 Å². The van der Waals surface area contributed by atoms with Gasteiger partial charge in [-0.05, 0) is 30.7 Å². The summed E-state index contributed by atoms with van der Waals surface area (Å²) < 4.78 is 7.45. The van der Waals surface area contributed by atoms with Crippen LogP contribution in [0.25, 0.3) is 0 Å². The van der Waals surface area contributed by atoms with Crippen molar-refractivity contribution in [3.8, 4) is 5.75 Å². The van der Waals surface area contributed by atoms with Crippen LogP contribution in [-0.2, 0) is 17.1 Å². The first kappa shape index (κ1) is 21.4. The molecule has 0 atom stereocenters. The van der Waals surface area contributed by atoms with Crippen LogP contribution < -0.4 is 10.2 Å². The summed E-state index contributed by atoms with van der Waals surface area (Å²) in [5, 5.41) is 27.3. The molecule has 11 nitrogen and oxygen atoms in total. The molecule has 3 aromatic rings. The van der Waals surface area contributed by atoms with E-state index < -0.39 is 10.8 Å². The van der Waals surface area contributed by atoms with Crippen LogP contribution in [-0.4, -0.2) is 44.1 Å². The molecule has 2 aromatic heterocycles. The third kappa shape index (κ3) is 5.84. The number of rotatable bonds is 9. The number of benzene rings is 1. The van der Waals surface area contributed by atoms with Crippen LogP contribution in [0.2, 0.25) is 0 Å². The van der Waals surface area contributed by atoms with E-state index in [0.29, 0.717) is 5.75 Å². The molecule has 1 N–H and O–H groups in total. The van der Waals surface area contributed by atoms with E-state index >= 15 is 0 Å². The van der Waals surface area contributed by atoms with E-state index in [1.165, 1.54) is 28.4 Å². The van der Waals surface area contributed by atoms with Crippen molar-refractivity contribution >= 4 is 40.9 Å². The second-order valence-corrected chi connectivity index (χ2v) is 8.30. The molecule has 3 rings (SSSR count). The molecule has 1 amide bonds. The van der Waals surface area contributed by atoms with Gasteiger partial charge in [-0.25, -0.2) is 5.43 Å². The molecular formula is C17H17N7O4S2. The third-order valence-electron chi connectivity index (χ3n) is 3.70. The smallest absolute Gasteiger partial charge is 0.307 e. The van der Waals surface area contributed by atoms with Crippen molar-refractivity contribution in [2.24, 2.45) is 5.10 Å². The standard InChI is InChI=1S/C17H17N7O4S2/c1-11-20-22-17(30-11)29-10-13-5-12(3-4-15(13)28-2)6-18-21-16(25)9-23-8-14(7-19-23)24(26)27/h3-8H,9-10H2,1-2H3,(H,21,25)/b18-6+. The first-order valence-electron chi connectivity index (χ1n) is 8.53. The van der Waals surface area contributed by atoms with Gasteiger partial charge in [-0.15, -0.1) is 10.2 Å². The fraction of sp³-hybridized carbons (Fsp3) is 0.235. The Morgan fingerprint density at radius 2 is 2.30 bits per heavy atom. The molecule has 0 radical (unpaired) electrons. The number of carbonyl (C=O) groups is 1. The monoisotopic (exact) mass is 447 g/mol. The largest absolute Gasteiger partial charge is 0.496 e. The van der Waals surface area contributed by atoms with Crippen LogP contribution in [0.15, 0.2) is 40.0 Å². The zero-order chi connectivity index (χ0) is 21.5. The second kappa shape index (κ2) is 9.93. The highest BCUT2D eigenvalue weighted by Crippen LogP contribution is 2.30. The van der Waals surface area contributed by atoms with Gasteiger partial charge in [-0.3, -0.25) is 19.6 Å². The van der Waals surface area contributed by atoms with E-state index in [0.717, 1.165) is 32.4 Å². The number of ether oxygens (including phenoxy) is 1. The summed E-state index contributed by atoms with van der Waals surface area (Å²) in [7, 11) is 1.60. The summed E-state index contributed by atoms with van der Waals surface area (Å²) in [4.78, 5) is 22.0. The van der Waals surface area contributed by atoms with E-state index in [1.807, 2.05) is 25.1 Å². The molecule has 0 aliphatic rings. The zero-order valence-electron chi connectivity index (χ0n) is 16.0. The number of aryl methyl sites for hydroxylation is 1. The molecule has 0 aliphatic carbocycles. The Morgan fingerprint density at radius 1 is 1.47 bits per heavy atom. The molecular weight excluding hydrogens is 430 g/mol. The molecule has 1 aromatic carbocycles. The van der Waals surface area contributed by atoms with E-state index in [4.69, 9.17) is 4.74 Å². The molecule has 156 valence electrons. The number of thioether (sulfide) groups is 1. The highest BCUT2D eigenvalue weighted by atomic mass is 32.2. The van der Waals surface area contributed by atoms with E-state index in [-0.39, 0.29) is 12.2 Å². The topological polar surface area (TPSA) is 137 Å². The second-order valence-electron chi connectivity index (χ2n) is 5.89. The van der Waals surface area contributed by atoms with Crippen molar-refractivity contribution in [3.05, 3.63) is 56.8 Å². The van der Waals surface area contributed by atoms with Crippen molar-refractivity contribution < 1.29 is 14.5 Å². The van der Waals surface area contributed by atoms with Crippen LogP contribution in [0.5, 0.6) is 5.75 Å². The summed E-state index contributed by atoms with van der Waals surface area (Å²) in [5.41, 5.74) is 3.92. The predicted molar refractivity (Wildman–Crippen MR) is 112 cm³/mol. The lowest BCUT2D eigenvalue weighted by Gasteiger charge is -2.08. The van der Waals surface area contributed by atoms with Gasteiger partial charge in [0.25, 0.3) is 5.91 Å². The molecule has 0 fully saturated rings. The van der Waals surface area contributed by atoms with Crippen molar-refractivity contribution in [1.82, 2.24) is 25.4 Å². The van der Waals surface area contributed by atoms with Crippen molar-refractivity contribution in [2.75, 3.05) is 7.11 Å². The summed E-state index contributed by atoms with van der Waals surface area (Å²) in [6, 6.07) is 5.55. The molecule has 30 heavy (non-hydrogen) atoms. The normalized spacial score (nSPS) is 11.0. The summed E-state index contributed by atoms with van der Waals surface area (Å²) in [6.45, 7) is 1.72. The lowest BCUT2D eigenvalue weighted by molar-refractivity contribution is -0.385. The first-order valence-corrected chi connectivity index (χ1v) is 10.3. The summed E-state index contributed by atoms with van der Waals surface area (Å²) >= 11 is 3.09. The lowest BCUT2D eigenvalue weighted by Crippen LogP contribution is -2.23. The van der Waals surface area contributed by atoms with Crippen LogP contribution in [0.1, 0.15) is 16.1 Å². The average molecular weight is 448 g/mol. The Balaban J connectivity index is 1.58. The molecule has 13 heteroatoms. The van der Waals surface area contributed by atoms with Crippen LogP contribution in [0.4, 0.5) is 5.69 Å². The van der Waals surface area contributed by atoms with Crippen LogP contribution in [0, 0.1) is 17.0 Å². The maximum absolute atomic E-state index is 11.9. The fourth-order valence-electron chi connectivity index (χ4n) is 2.36. The Hall–Kier alpha value is -3.32. The SMILES string of the molecule is COc1ccc(/C=N/NC(=O)Cn2cc([N+](=O)[O-])cn2)cc1CSc1nnc(C)s1. The van der Waals surface area contributed by atoms with Gasteiger partial charge >= 0.3 is 5.69 Å². The number of aromatic nitrogens is 4. The minimum atomic E-state index is -0.578. The Kier molecular flexibility index (Phi) is 7.08. The highest BCUT2D eigenvalue weighted by Gasteiger charge is 2.11. The molecule has 0 saturated carbocycles. The molecule has 2 heterocycles. The molecule has 0 spiro atoms. The fourth-order valence-corrected chi connectivity index (χ4v) is 4.16. The number of nitrogens with zero attached hydrogens (tertiary/aromatic N) is 6.